The molecule has 0 spiro atoms. The lowest BCUT2D eigenvalue weighted by molar-refractivity contribution is -0.145. The third-order valence-corrected chi connectivity index (χ3v) is 5.57. The lowest BCUT2D eigenvalue weighted by atomic mass is 10.2. The average molecular weight is 475 g/mol. The fourth-order valence-electron chi connectivity index (χ4n) is 2.48. The van der Waals surface area contributed by atoms with Gasteiger partial charge in [-0.25, -0.2) is 9.79 Å². The summed E-state index contributed by atoms with van der Waals surface area (Å²) in [6.45, 7) is 1.89. The van der Waals surface area contributed by atoms with Gasteiger partial charge < -0.3 is 9.47 Å². The molecule has 1 heterocycles. The molecule has 1 fully saturated rings. The molecule has 0 N–H and O–H groups in total. The number of esters is 1. The monoisotopic (exact) mass is 474 g/mol. The molecule has 0 saturated carbocycles. The molecule has 1 amide bonds. The van der Waals surface area contributed by atoms with E-state index in [1.807, 2.05) is 42.5 Å². The highest BCUT2D eigenvalue weighted by Gasteiger charge is 2.30. The van der Waals surface area contributed by atoms with Crippen LogP contribution in [0.1, 0.15) is 12.5 Å². The van der Waals surface area contributed by atoms with E-state index in [1.165, 1.54) is 16.7 Å². The van der Waals surface area contributed by atoms with Gasteiger partial charge in [0.15, 0.2) is 11.8 Å². The van der Waals surface area contributed by atoms with E-state index in [2.05, 4.69) is 20.9 Å². The Morgan fingerprint density at radius 1 is 1.24 bits per heavy atom. The minimum atomic E-state index is -0.424. The van der Waals surface area contributed by atoms with Crippen LogP contribution in [0.2, 0.25) is 0 Å². The SMILES string of the molecule is CCOC(=O)COc1ccc(/C=C2/SC(=Nc3ccccc3)N(C)C2=O)cc1Br. The van der Waals surface area contributed by atoms with Gasteiger partial charge in [0.1, 0.15) is 5.75 Å². The highest BCUT2D eigenvalue weighted by molar-refractivity contribution is 9.10. The van der Waals surface area contributed by atoms with Gasteiger partial charge in [0, 0.05) is 7.05 Å². The number of hydrogen-bond donors (Lipinski definition) is 0. The first-order chi connectivity index (χ1) is 14.0. The lowest BCUT2D eigenvalue weighted by Gasteiger charge is -2.08. The minimum absolute atomic E-state index is 0.108. The number of likely N-dealkylation sites (N-methyl/N-ethyl adjacent to an activating group) is 1. The number of halogens is 1. The van der Waals surface area contributed by atoms with E-state index in [0.29, 0.717) is 26.9 Å². The molecule has 1 saturated heterocycles. The van der Waals surface area contributed by atoms with E-state index < -0.39 is 5.97 Å². The second-order valence-electron chi connectivity index (χ2n) is 5.99. The third-order valence-electron chi connectivity index (χ3n) is 3.89. The maximum atomic E-state index is 12.6. The smallest absolute Gasteiger partial charge is 0.344 e. The molecule has 1 aliphatic heterocycles. The number of amidine groups is 1. The van der Waals surface area contributed by atoms with Crippen LogP contribution in [0.5, 0.6) is 5.75 Å². The van der Waals surface area contributed by atoms with Gasteiger partial charge in [0.25, 0.3) is 5.91 Å². The first-order valence-electron chi connectivity index (χ1n) is 8.87. The van der Waals surface area contributed by atoms with Gasteiger partial charge >= 0.3 is 5.97 Å². The second-order valence-corrected chi connectivity index (χ2v) is 7.85. The Bertz CT molecular complexity index is 976. The molecule has 150 valence electrons. The molecular weight excluding hydrogens is 456 g/mol. The van der Waals surface area contributed by atoms with Crippen molar-refractivity contribution in [3.63, 3.8) is 0 Å². The van der Waals surface area contributed by atoms with E-state index in [1.54, 1.807) is 26.1 Å². The van der Waals surface area contributed by atoms with Crippen LogP contribution in [0.15, 0.2) is 62.9 Å². The molecule has 2 aromatic rings. The molecule has 0 bridgehead atoms. The Balaban J connectivity index is 1.74. The Morgan fingerprint density at radius 3 is 2.69 bits per heavy atom. The number of benzene rings is 2. The Kier molecular flexibility index (Phi) is 7.11. The quantitative estimate of drug-likeness (QED) is 0.451. The number of rotatable bonds is 6. The average Bonchev–Trinajstić information content (AvgIpc) is 2.96. The molecule has 0 aliphatic carbocycles. The summed E-state index contributed by atoms with van der Waals surface area (Å²) in [5, 5.41) is 0.626. The summed E-state index contributed by atoms with van der Waals surface area (Å²) in [7, 11) is 1.71. The number of nitrogens with zero attached hydrogens (tertiary/aromatic N) is 2. The van der Waals surface area contributed by atoms with Crippen LogP contribution in [-0.4, -0.2) is 42.2 Å². The maximum absolute atomic E-state index is 12.6. The first-order valence-corrected chi connectivity index (χ1v) is 10.5. The van der Waals surface area contributed by atoms with E-state index >= 15 is 0 Å². The van der Waals surface area contributed by atoms with Gasteiger partial charge in [0.05, 0.1) is 21.7 Å². The van der Waals surface area contributed by atoms with Gasteiger partial charge in [-0.05, 0) is 70.5 Å². The van der Waals surface area contributed by atoms with E-state index in [4.69, 9.17) is 9.47 Å². The number of carbonyl (C=O) groups excluding carboxylic acids is 2. The molecule has 0 atom stereocenters. The molecule has 0 unspecified atom stereocenters. The molecule has 3 rings (SSSR count). The number of amides is 1. The summed E-state index contributed by atoms with van der Waals surface area (Å²) in [5.74, 6) is -0.00990. The number of para-hydroxylation sites is 1. The topological polar surface area (TPSA) is 68.2 Å². The van der Waals surface area contributed by atoms with Crippen molar-refractivity contribution in [1.29, 1.82) is 0 Å². The van der Waals surface area contributed by atoms with Crippen LogP contribution < -0.4 is 4.74 Å². The summed E-state index contributed by atoms with van der Waals surface area (Å²) < 4.78 is 11.0. The predicted octanol–water partition coefficient (Wildman–Crippen LogP) is 4.62. The van der Waals surface area contributed by atoms with Crippen molar-refractivity contribution >= 4 is 56.5 Å². The molecule has 0 aromatic heterocycles. The van der Waals surface area contributed by atoms with Crippen LogP contribution in [-0.2, 0) is 14.3 Å². The predicted molar refractivity (Wildman–Crippen MR) is 118 cm³/mol. The van der Waals surface area contributed by atoms with Crippen LogP contribution >= 0.6 is 27.7 Å². The molecule has 29 heavy (non-hydrogen) atoms. The summed E-state index contributed by atoms with van der Waals surface area (Å²) in [6.07, 6.45) is 1.80. The summed E-state index contributed by atoms with van der Waals surface area (Å²) in [6, 6.07) is 14.9. The van der Waals surface area contributed by atoms with Crippen molar-refractivity contribution in [3.05, 3.63) is 63.5 Å². The van der Waals surface area contributed by atoms with Crippen LogP contribution in [0.4, 0.5) is 5.69 Å². The fraction of sp³-hybridized carbons (Fsp3) is 0.190. The minimum Gasteiger partial charge on any atom is -0.481 e. The molecule has 6 nitrogen and oxygen atoms in total. The van der Waals surface area contributed by atoms with Gasteiger partial charge in [-0.2, -0.15) is 0 Å². The van der Waals surface area contributed by atoms with E-state index in [-0.39, 0.29) is 12.5 Å². The van der Waals surface area contributed by atoms with Crippen molar-refractivity contribution in [2.45, 2.75) is 6.92 Å². The molecule has 2 aromatic carbocycles. The van der Waals surface area contributed by atoms with Gasteiger partial charge in [-0.3, -0.25) is 9.69 Å². The Labute approximate surface area is 181 Å². The Hall–Kier alpha value is -2.58. The first kappa shape index (κ1) is 21.1. The Morgan fingerprint density at radius 2 is 2.00 bits per heavy atom. The van der Waals surface area contributed by atoms with Crippen molar-refractivity contribution < 1.29 is 19.1 Å². The van der Waals surface area contributed by atoms with Gasteiger partial charge in [-0.15, -0.1) is 0 Å². The summed E-state index contributed by atoms with van der Waals surface area (Å²) in [5.41, 5.74) is 1.62. The molecule has 0 radical (unpaired) electrons. The van der Waals surface area contributed by atoms with Crippen molar-refractivity contribution in [1.82, 2.24) is 4.90 Å². The molecule has 8 heteroatoms. The van der Waals surface area contributed by atoms with Gasteiger partial charge in [-0.1, -0.05) is 24.3 Å². The van der Waals surface area contributed by atoms with Crippen molar-refractivity contribution in [2.75, 3.05) is 20.3 Å². The number of thioether (sulfide) groups is 1. The standard InChI is InChI=1S/C21H19BrN2O4S/c1-3-27-19(25)13-28-17-10-9-14(11-16(17)22)12-18-20(26)24(2)21(29-18)23-15-7-5-4-6-8-15/h4-12H,3,13H2,1-2H3/b18-12+,23-21?. The fourth-order valence-corrected chi connectivity index (χ4v) is 3.98. The highest BCUT2D eigenvalue weighted by Crippen LogP contribution is 2.34. The third kappa shape index (κ3) is 5.48. The van der Waals surface area contributed by atoms with Crippen LogP contribution in [0.3, 0.4) is 0 Å². The van der Waals surface area contributed by atoms with Crippen LogP contribution in [0, 0.1) is 0 Å². The number of aliphatic imine (C=N–C) groups is 1. The zero-order valence-electron chi connectivity index (χ0n) is 15.9. The second kappa shape index (κ2) is 9.76. The van der Waals surface area contributed by atoms with Crippen LogP contribution in [0.25, 0.3) is 6.08 Å². The normalized spacial score (nSPS) is 16.5. The molecule has 1 aliphatic rings. The zero-order chi connectivity index (χ0) is 20.8. The van der Waals surface area contributed by atoms with Crippen molar-refractivity contribution in [2.24, 2.45) is 4.99 Å². The van der Waals surface area contributed by atoms with E-state index in [9.17, 15) is 9.59 Å². The number of ether oxygens (including phenoxy) is 2. The van der Waals surface area contributed by atoms with E-state index in [0.717, 1.165) is 11.3 Å². The zero-order valence-corrected chi connectivity index (χ0v) is 18.3. The summed E-state index contributed by atoms with van der Waals surface area (Å²) >= 11 is 4.76. The van der Waals surface area contributed by atoms with Gasteiger partial charge in [0.2, 0.25) is 0 Å². The maximum Gasteiger partial charge on any atom is 0.344 e. The number of hydrogen-bond acceptors (Lipinski definition) is 6. The number of carbonyl (C=O) groups is 2. The largest absolute Gasteiger partial charge is 0.481 e. The summed E-state index contributed by atoms with van der Waals surface area (Å²) in [4.78, 5) is 30.6. The highest BCUT2D eigenvalue weighted by atomic mass is 79.9. The molecular formula is C21H19BrN2O4S. The van der Waals surface area contributed by atoms with Crippen molar-refractivity contribution in [3.8, 4) is 5.75 Å². The lowest BCUT2D eigenvalue weighted by Crippen LogP contribution is -2.23.